The summed E-state index contributed by atoms with van der Waals surface area (Å²) in [6.07, 6.45) is 2.43. The van der Waals surface area contributed by atoms with Gasteiger partial charge in [0.15, 0.2) is 0 Å². The summed E-state index contributed by atoms with van der Waals surface area (Å²) in [6, 6.07) is 15.9. The van der Waals surface area contributed by atoms with Gasteiger partial charge in [0.05, 0.1) is 11.7 Å². The molecule has 0 N–H and O–H groups in total. The fraction of sp³-hybridized carbons (Fsp3) is 0.389. The summed E-state index contributed by atoms with van der Waals surface area (Å²) in [6.45, 7) is 0.551. The van der Waals surface area contributed by atoms with Gasteiger partial charge in [0.1, 0.15) is 0 Å². The Morgan fingerprint density at radius 1 is 1.12 bits per heavy atom. The Hall–Kier alpha value is -1.76. The molecule has 0 bridgehead atoms. The minimum Gasteiger partial charge on any atom is -0.256 e. The molecule has 24 heavy (non-hydrogen) atoms. The normalized spacial score (nSPS) is 19.0. The summed E-state index contributed by atoms with van der Waals surface area (Å²) < 4.78 is 27.9. The van der Waals surface area contributed by atoms with Crippen LogP contribution in [0.1, 0.15) is 35.8 Å². The molecule has 6 heteroatoms. The van der Waals surface area contributed by atoms with Crippen LogP contribution in [0.25, 0.3) is 0 Å². The van der Waals surface area contributed by atoms with Crippen molar-refractivity contribution in [3.63, 3.8) is 0 Å². The quantitative estimate of drug-likeness (QED) is 0.837. The smallest absolute Gasteiger partial charge is 0.256 e. The first-order valence-corrected chi connectivity index (χ1v) is 9.57. The fourth-order valence-electron chi connectivity index (χ4n) is 3.11. The van der Waals surface area contributed by atoms with Gasteiger partial charge in [-0.15, -0.1) is 0 Å². The van der Waals surface area contributed by atoms with E-state index in [-0.39, 0.29) is 6.04 Å². The summed E-state index contributed by atoms with van der Waals surface area (Å²) in [7, 11) is -0.272. The van der Waals surface area contributed by atoms with Gasteiger partial charge in [0.2, 0.25) is 0 Å². The minimum absolute atomic E-state index is 0.173. The van der Waals surface area contributed by atoms with Crippen LogP contribution in [0.3, 0.4) is 0 Å². The fourth-order valence-corrected chi connectivity index (χ4v) is 4.42. The van der Waals surface area contributed by atoms with Crippen LogP contribution in [-0.4, -0.2) is 42.7 Å². The number of pyridine rings is 1. The largest absolute Gasteiger partial charge is 0.282 e. The highest BCUT2D eigenvalue weighted by atomic mass is 32.2. The third-order valence-electron chi connectivity index (χ3n) is 4.36. The highest BCUT2D eigenvalue weighted by Gasteiger charge is 2.37. The number of aromatic nitrogens is 1. The Balaban J connectivity index is 1.85. The van der Waals surface area contributed by atoms with Crippen LogP contribution < -0.4 is 0 Å². The first-order chi connectivity index (χ1) is 11.5. The monoisotopic (exact) mass is 345 g/mol. The van der Waals surface area contributed by atoms with E-state index in [2.05, 4.69) is 12.1 Å². The Morgan fingerprint density at radius 2 is 1.88 bits per heavy atom. The van der Waals surface area contributed by atoms with E-state index in [0.717, 1.165) is 30.7 Å². The first-order valence-electron chi connectivity index (χ1n) is 8.17. The summed E-state index contributed by atoms with van der Waals surface area (Å²) in [5.74, 6) is 0. The van der Waals surface area contributed by atoms with Crippen molar-refractivity contribution in [1.82, 2.24) is 13.6 Å². The van der Waals surface area contributed by atoms with E-state index in [9.17, 15) is 8.42 Å². The molecule has 1 aliphatic rings. The molecule has 0 spiro atoms. The molecule has 2 heterocycles. The molecule has 1 saturated heterocycles. The Bertz CT molecular complexity index is 791. The van der Waals surface area contributed by atoms with Gasteiger partial charge in [-0.3, -0.25) is 4.98 Å². The summed E-state index contributed by atoms with van der Waals surface area (Å²) >= 11 is 0. The lowest BCUT2D eigenvalue weighted by Gasteiger charge is -2.26. The van der Waals surface area contributed by atoms with E-state index in [1.807, 2.05) is 36.4 Å². The van der Waals surface area contributed by atoms with Crippen LogP contribution in [0.4, 0.5) is 0 Å². The van der Waals surface area contributed by atoms with Gasteiger partial charge < -0.3 is 0 Å². The van der Waals surface area contributed by atoms with Crippen molar-refractivity contribution < 1.29 is 8.42 Å². The molecular weight excluding hydrogens is 322 g/mol. The van der Waals surface area contributed by atoms with Crippen LogP contribution in [-0.2, 0) is 16.6 Å². The number of hydrogen-bond acceptors (Lipinski definition) is 3. The third-order valence-corrected chi connectivity index (χ3v) is 6.31. The second-order valence-corrected chi connectivity index (χ2v) is 8.37. The Labute approximate surface area is 144 Å². The first kappa shape index (κ1) is 17.1. The van der Waals surface area contributed by atoms with Gasteiger partial charge in [0.25, 0.3) is 10.2 Å². The molecule has 1 aliphatic heterocycles. The second-order valence-electron chi connectivity index (χ2n) is 6.28. The summed E-state index contributed by atoms with van der Waals surface area (Å²) in [4.78, 5) is 4.75. The van der Waals surface area contributed by atoms with Crippen LogP contribution in [0.5, 0.6) is 0 Å². The van der Waals surface area contributed by atoms with Crippen LogP contribution in [0.15, 0.2) is 48.5 Å². The standard InChI is InChI=1S/C18H23N3O2S/c1-20(2)24(22,23)21-13-7-12-18(21)17-11-6-10-16(19-17)14-15-8-4-3-5-9-15/h3-6,8-11,18H,7,12-14H2,1-2H3/t18-/m1/s1. The molecule has 5 nitrogen and oxygen atoms in total. The van der Waals surface area contributed by atoms with Crippen molar-refractivity contribution in [2.45, 2.75) is 25.3 Å². The molecule has 0 aliphatic carbocycles. The average Bonchev–Trinajstić information content (AvgIpc) is 3.06. The predicted octanol–water partition coefficient (Wildman–Crippen LogP) is 2.62. The van der Waals surface area contributed by atoms with Crippen molar-refractivity contribution >= 4 is 10.2 Å². The van der Waals surface area contributed by atoms with Crippen LogP contribution in [0, 0.1) is 0 Å². The molecule has 0 amide bonds. The van der Waals surface area contributed by atoms with Crippen molar-refractivity contribution in [3.8, 4) is 0 Å². The molecule has 1 fully saturated rings. The van der Waals surface area contributed by atoms with E-state index in [1.54, 1.807) is 18.4 Å². The van der Waals surface area contributed by atoms with Crippen molar-refractivity contribution in [1.29, 1.82) is 0 Å². The molecule has 0 radical (unpaired) electrons. The molecule has 1 atom stereocenters. The third kappa shape index (κ3) is 3.50. The zero-order chi connectivity index (χ0) is 17.2. The minimum atomic E-state index is -3.42. The predicted molar refractivity (Wildman–Crippen MR) is 94.8 cm³/mol. The van der Waals surface area contributed by atoms with Crippen LogP contribution >= 0.6 is 0 Å². The van der Waals surface area contributed by atoms with E-state index < -0.39 is 10.2 Å². The average molecular weight is 345 g/mol. The molecule has 2 aromatic rings. The maximum atomic E-state index is 12.5. The van der Waals surface area contributed by atoms with E-state index in [0.29, 0.717) is 6.54 Å². The Morgan fingerprint density at radius 3 is 2.58 bits per heavy atom. The zero-order valence-electron chi connectivity index (χ0n) is 14.1. The lowest BCUT2D eigenvalue weighted by molar-refractivity contribution is 0.357. The molecule has 0 saturated carbocycles. The molecule has 128 valence electrons. The van der Waals surface area contributed by atoms with Gasteiger partial charge in [-0.05, 0) is 30.5 Å². The topological polar surface area (TPSA) is 53.5 Å². The number of benzene rings is 1. The van der Waals surface area contributed by atoms with Gasteiger partial charge in [-0.2, -0.15) is 17.0 Å². The lowest BCUT2D eigenvalue weighted by Crippen LogP contribution is -2.39. The maximum absolute atomic E-state index is 12.5. The number of hydrogen-bond donors (Lipinski definition) is 0. The zero-order valence-corrected chi connectivity index (χ0v) is 14.9. The van der Waals surface area contributed by atoms with Crippen LogP contribution in [0.2, 0.25) is 0 Å². The highest BCUT2D eigenvalue weighted by molar-refractivity contribution is 7.86. The molecular formula is C18H23N3O2S. The highest BCUT2D eigenvalue weighted by Crippen LogP contribution is 2.34. The van der Waals surface area contributed by atoms with Gasteiger partial charge >= 0.3 is 0 Å². The van der Waals surface area contributed by atoms with E-state index in [4.69, 9.17) is 4.98 Å². The van der Waals surface area contributed by atoms with Crippen molar-refractivity contribution in [3.05, 3.63) is 65.5 Å². The summed E-state index contributed by atoms with van der Waals surface area (Å²) in [5, 5.41) is 0. The maximum Gasteiger partial charge on any atom is 0.282 e. The summed E-state index contributed by atoms with van der Waals surface area (Å²) in [5.41, 5.74) is 3.01. The molecule has 1 aromatic heterocycles. The van der Waals surface area contributed by atoms with Crippen molar-refractivity contribution in [2.24, 2.45) is 0 Å². The second kappa shape index (κ2) is 7.01. The van der Waals surface area contributed by atoms with Gasteiger partial charge in [-0.1, -0.05) is 36.4 Å². The molecule has 3 rings (SSSR count). The van der Waals surface area contributed by atoms with E-state index >= 15 is 0 Å². The van der Waals surface area contributed by atoms with Gasteiger partial charge in [0, 0.05) is 32.8 Å². The molecule has 1 aromatic carbocycles. The SMILES string of the molecule is CN(C)S(=O)(=O)N1CCC[C@@H]1c1cccc(Cc2ccccc2)n1. The number of rotatable bonds is 5. The molecule has 0 unspecified atom stereocenters. The number of nitrogens with zero attached hydrogens (tertiary/aromatic N) is 3. The van der Waals surface area contributed by atoms with Crippen molar-refractivity contribution in [2.75, 3.05) is 20.6 Å². The lowest BCUT2D eigenvalue weighted by atomic mass is 10.1. The van der Waals surface area contributed by atoms with E-state index in [1.165, 1.54) is 9.87 Å². The van der Waals surface area contributed by atoms with Gasteiger partial charge in [-0.25, -0.2) is 0 Å². The Kier molecular flexibility index (Phi) is 4.99.